The summed E-state index contributed by atoms with van der Waals surface area (Å²) in [5, 5.41) is 2.16. The average Bonchev–Trinajstić information content (AvgIpc) is 2.64. The summed E-state index contributed by atoms with van der Waals surface area (Å²) in [5.74, 6) is -2.21. The van der Waals surface area contributed by atoms with E-state index in [-0.39, 0.29) is 16.7 Å². The van der Waals surface area contributed by atoms with Crippen molar-refractivity contribution in [1.82, 2.24) is 5.32 Å². The van der Waals surface area contributed by atoms with Crippen LogP contribution in [0.2, 0.25) is 0 Å². The van der Waals surface area contributed by atoms with Crippen LogP contribution in [0.15, 0.2) is 48.5 Å². The van der Waals surface area contributed by atoms with Gasteiger partial charge >= 0.3 is 5.97 Å². The molecule has 160 valence electrons. The smallest absolute Gasteiger partial charge is 0.338 e. The van der Waals surface area contributed by atoms with Gasteiger partial charge in [-0.2, -0.15) is 0 Å². The van der Waals surface area contributed by atoms with E-state index in [1.807, 2.05) is 32.9 Å². The van der Waals surface area contributed by atoms with Crippen molar-refractivity contribution in [3.8, 4) is 0 Å². The van der Waals surface area contributed by atoms with Gasteiger partial charge in [0.05, 0.1) is 11.8 Å². The Hall–Kier alpha value is -3.20. The molecule has 8 nitrogen and oxygen atoms in total. The number of sulfonamides is 1. The first-order valence-corrected chi connectivity index (χ1v) is 10.9. The Labute approximate surface area is 175 Å². The molecular weight excluding hydrogens is 408 g/mol. The van der Waals surface area contributed by atoms with Gasteiger partial charge in [-0.25, -0.2) is 13.2 Å². The maximum atomic E-state index is 12.2. The van der Waals surface area contributed by atoms with Gasteiger partial charge in [-0.3, -0.25) is 19.6 Å². The van der Waals surface area contributed by atoms with Gasteiger partial charge in [-0.1, -0.05) is 39.0 Å². The maximum absolute atomic E-state index is 12.2. The minimum absolute atomic E-state index is 0.0561. The molecule has 0 fully saturated rings. The summed E-state index contributed by atoms with van der Waals surface area (Å²) in [6, 6.07) is 12.5. The van der Waals surface area contributed by atoms with E-state index in [1.54, 1.807) is 12.1 Å². The SMILES string of the molecule is CC(C)(C)c1ccc(C(=O)NC(=O)COC(=O)c2cccc(NS(C)(=O)=O)c2)cc1. The zero-order chi connectivity index (χ0) is 22.5. The number of esters is 1. The van der Waals surface area contributed by atoms with Crippen LogP contribution in [0, 0.1) is 0 Å². The van der Waals surface area contributed by atoms with Gasteiger partial charge in [0.25, 0.3) is 11.8 Å². The molecule has 0 aliphatic heterocycles. The molecule has 0 radical (unpaired) electrons. The largest absolute Gasteiger partial charge is 0.452 e. The van der Waals surface area contributed by atoms with Crippen LogP contribution in [-0.2, 0) is 25.0 Å². The zero-order valence-electron chi connectivity index (χ0n) is 17.2. The van der Waals surface area contributed by atoms with Crippen molar-refractivity contribution in [2.24, 2.45) is 0 Å². The van der Waals surface area contributed by atoms with Crippen LogP contribution in [0.3, 0.4) is 0 Å². The van der Waals surface area contributed by atoms with Gasteiger partial charge in [0.15, 0.2) is 6.61 Å². The third kappa shape index (κ3) is 7.00. The first kappa shape index (κ1) is 23.1. The van der Waals surface area contributed by atoms with E-state index in [4.69, 9.17) is 4.74 Å². The molecule has 2 N–H and O–H groups in total. The molecule has 0 aromatic heterocycles. The molecule has 0 saturated carbocycles. The van der Waals surface area contributed by atoms with Crippen molar-refractivity contribution in [3.05, 3.63) is 65.2 Å². The normalized spacial score (nSPS) is 11.5. The third-order valence-corrected chi connectivity index (χ3v) is 4.61. The lowest BCUT2D eigenvalue weighted by Gasteiger charge is -2.19. The van der Waals surface area contributed by atoms with Crippen molar-refractivity contribution in [1.29, 1.82) is 0 Å². The van der Waals surface area contributed by atoms with Crippen molar-refractivity contribution in [2.45, 2.75) is 26.2 Å². The summed E-state index contributed by atoms with van der Waals surface area (Å²) in [6.45, 7) is 5.49. The number of hydrogen-bond acceptors (Lipinski definition) is 6. The quantitative estimate of drug-likeness (QED) is 0.677. The van der Waals surface area contributed by atoms with Crippen LogP contribution in [0.1, 0.15) is 47.1 Å². The Morgan fingerprint density at radius 1 is 0.967 bits per heavy atom. The van der Waals surface area contributed by atoms with Gasteiger partial charge in [0.1, 0.15) is 0 Å². The Bertz CT molecular complexity index is 1050. The van der Waals surface area contributed by atoms with Crippen LogP contribution in [0.25, 0.3) is 0 Å². The van der Waals surface area contributed by atoms with Crippen LogP contribution >= 0.6 is 0 Å². The van der Waals surface area contributed by atoms with E-state index < -0.39 is 34.4 Å². The fraction of sp³-hybridized carbons (Fsp3) is 0.286. The summed E-state index contributed by atoms with van der Waals surface area (Å²) in [4.78, 5) is 36.2. The summed E-state index contributed by atoms with van der Waals surface area (Å²) < 4.78 is 29.7. The van der Waals surface area contributed by atoms with E-state index in [9.17, 15) is 22.8 Å². The van der Waals surface area contributed by atoms with Crippen LogP contribution in [0.4, 0.5) is 5.69 Å². The monoisotopic (exact) mass is 432 g/mol. The van der Waals surface area contributed by atoms with Crippen LogP contribution < -0.4 is 10.0 Å². The highest BCUT2D eigenvalue weighted by molar-refractivity contribution is 7.92. The van der Waals surface area contributed by atoms with Crippen molar-refractivity contribution in [2.75, 3.05) is 17.6 Å². The fourth-order valence-corrected chi connectivity index (χ4v) is 3.05. The molecule has 0 aliphatic rings. The maximum Gasteiger partial charge on any atom is 0.338 e. The molecule has 0 atom stereocenters. The first-order valence-electron chi connectivity index (χ1n) is 9.05. The van der Waals surface area contributed by atoms with Crippen molar-refractivity contribution in [3.63, 3.8) is 0 Å². The Morgan fingerprint density at radius 3 is 2.17 bits per heavy atom. The summed E-state index contributed by atoms with van der Waals surface area (Å²) in [5.41, 5.74) is 1.53. The average molecular weight is 432 g/mol. The summed E-state index contributed by atoms with van der Waals surface area (Å²) in [6.07, 6.45) is 0.982. The number of ether oxygens (including phenoxy) is 1. The van der Waals surface area contributed by atoms with E-state index in [2.05, 4.69) is 10.0 Å². The predicted molar refractivity (Wildman–Crippen MR) is 113 cm³/mol. The van der Waals surface area contributed by atoms with Crippen LogP contribution in [0.5, 0.6) is 0 Å². The molecular formula is C21H24N2O6S. The molecule has 0 aliphatic carbocycles. The molecule has 0 bridgehead atoms. The molecule has 0 spiro atoms. The predicted octanol–water partition coefficient (Wildman–Crippen LogP) is 2.47. The minimum Gasteiger partial charge on any atom is -0.452 e. The minimum atomic E-state index is -3.50. The lowest BCUT2D eigenvalue weighted by Crippen LogP contribution is -2.34. The second-order valence-electron chi connectivity index (χ2n) is 7.74. The van der Waals surface area contributed by atoms with Gasteiger partial charge in [0.2, 0.25) is 10.0 Å². The number of amides is 2. The number of anilines is 1. The molecule has 2 aromatic carbocycles. The Balaban J connectivity index is 1.92. The molecule has 30 heavy (non-hydrogen) atoms. The lowest BCUT2D eigenvalue weighted by molar-refractivity contribution is -0.123. The first-order chi connectivity index (χ1) is 13.8. The lowest BCUT2D eigenvalue weighted by atomic mass is 9.87. The third-order valence-electron chi connectivity index (χ3n) is 4.00. The van der Waals surface area contributed by atoms with Crippen molar-refractivity contribution >= 4 is 33.5 Å². The van der Waals surface area contributed by atoms with E-state index in [1.165, 1.54) is 24.3 Å². The highest BCUT2D eigenvalue weighted by Gasteiger charge is 2.17. The summed E-state index contributed by atoms with van der Waals surface area (Å²) in [7, 11) is -3.50. The van der Waals surface area contributed by atoms with Gasteiger partial charge in [0, 0.05) is 11.3 Å². The number of imide groups is 1. The molecule has 9 heteroatoms. The van der Waals surface area contributed by atoms with Gasteiger partial charge in [-0.15, -0.1) is 0 Å². The number of hydrogen-bond donors (Lipinski definition) is 2. The number of carbonyl (C=O) groups is 3. The van der Waals surface area contributed by atoms with Crippen molar-refractivity contribution < 1.29 is 27.5 Å². The number of benzene rings is 2. The number of nitrogens with one attached hydrogen (secondary N) is 2. The van der Waals surface area contributed by atoms with E-state index >= 15 is 0 Å². The standard InChI is InChI=1S/C21H24N2O6S/c1-21(2,3)16-10-8-14(9-11-16)19(25)22-18(24)13-29-20(26)15-6-5-7-17(12-15)23-30(4,27)28/h5-12,23H,13H2,1-4H3,(H,22,24,25). The fourth-order valence-electron chi connectivity index (χ4n) is 2.49. The highest BCUT2D eigenvalue weighted by atomic mass is 32.2. The molecule has 0 heterocycles. The van der Waals surface area contributed by atoms with Gasteiger partial charge < -0.3 is 4.74 Å². The highest BCUT2D eigenvalue weighted by Crippen LogP contribution is 2.22. The second-order valence-corrected chi connectivity index (χ2v) is 9.48. The summed E-state index contributed by atoms with van der Waals surface area (Å²) >= 11 is 0. The molecule has 0 saturated heterocycles. The van der Waals surface area contributed by atoms with E-state index in [0.29, 0.717) is 5.56 Å². The topological polar surface area (TPSA) is 119 Å². The van der Waals surface area contributed by atoms with E-state index in [0.717, 1.165) is 11.8 Å². The Kier molecular flexibility index (Phi) is 6.99. The molecule has 2 rings (SSSR count). The Morgan fingerprint density at radius 2 is 1.60 bits per heavy atom. The molecule has 2 amide bonds. The van der Waals surface area contributed by atoms with Crippen LogP contribution in [-0.4, -0.2) is 39.1 Å². The molecule has 2 aromatic rings. The van der Waals surface area contributed by atoms with Gasteiger partial charge in [-0.05, 0) is 41.3 Å². The number of carbonyl (C=O) groups excluding carboxylic acids is 3. The zero-order valence-corrected chi connectivity index (χ0v) is 18.0. The number of rotatable bonds is 6. The molecule has 0 unspecified atom stereocenters. The second kappa shape index (κ2) is 9.08.